The third-order valence-corrected chi connectivity index (χ3v) is 0.883. The molecular formula is C4H9ClO3. The van der Waals surface area contributed by atoms with Gasteiger partial charge in [-0.2, -0.15) is 0 Å². The Balaban J connectivity index is 3.39. The van der Waals surface area contributed by atoms with Crippen molar-refractivity contribution in [2.24, 2.45) is 0 Å². The molecule has 0 radical (unpaired) electrons. The molecule has 0 spiro atoms. The van der Waals surface area contributed by atoms with E-state index in [0.29, 0.717) is 0 Å². The van der Waals surface area contributed by atoms with E-state index in [4.69, 9.17) is 0 Å². The van der Waals surface area contributed by atoms with Crippen LogP contribution in [0, 0.1) is 10.8 Å². The SMILES string of the molecule is CC(C)(C)O[Cl+2]([O-])[O-]. The van der Waals surface area contributed by atoms with Crippen LogP contribution in [0.25, 0.3) is 0 Å². The van der Waals surface area contributed by atoms with Crippen LogP contribution in [0.4, 0.5) is 0 Å². The van der Waals surface area contributed by atoms with E-state index in [9.17, 15) is 9.32 Å². The molecule has 0 atom stereocenters. The highest BCUT2D eigenvalue weighted by atomic mass is 35.6. The molecule has 0 aliphatic carbocycles. The summed E-state index contributed by atoms with van der Waals surface area (Å²) in [6.45, 7) is 4.98. The Morgan fingerprint density at radius 2 is 1.62 bits per heavy atom. The zero-order chi connectivity index (χ0) is 6.78. The van der Waals surface area contributed by atoms with Crippen molar-refractivity contribution < 1.29 is 24.4 Å². The van der Waals surface area contributed by atoms with Crippen LogP contribution in [-0.4, -0.2) is 5.60 Å². The van der Waals surface area contributed by atoms with Gasteiger partial charge in [0.05, 0.1) is 0 Å². The maximum Gasteiger partial charge on any atom is 0.286 e. The van der Waals surface area contributed by atoms with Crippen LogP contribution < -0.4 is 9.32 Å². The zero-order valence-electron chi connectivity index (χ0n) is 5.10. The van der Waals surface area contributed by atoms with Crippen molar-refractivity contribution in [2.45, 2.75) is 26.4 Å². The van der Waals surface area contributed by atoms with Crippen molar-refractivity contribution in [3.05, 3.63) is 0 Å². The monoisotopic (exact) mass is 140 g/mol. The van der Waals surface area contributed by atoms with Gasteiger partial charge in [0.2, 0.25) is 0 Å². The van der Waals surface area contributed by atoms with E-state index in [1.807, 2.05) is 0 Å². The predicted molar refractivity (Wildman–Crippen MR) is 20.8 cm³/mol. The summed E-state index contributed by atoms with van der Waals surface area (Å²) in [5.41, 5.74) is -0.607. The lowest BCUT2D eigenvalue weighted by Gasteiger charge is -2.07. The number of halogens is 1. The average molecular weight is 141 g/mol. The average Bonchev–Trinajstić information content (AvgIpc) is 1.21. The lowest BCUT2D eigenvalue weighted by atomic mass is 10.2. The minimum Gasteiger partial charge on any atom is -0.320 e. The molecule has 0 bridgehead atoms. The van der Waals surface area contributed by atoms with E-state index in [1.54, 1.807) is 20.8 Å². The number of hydrogen-bond donors (Lipinski definition) is 0. The lowest BCUT2D eigenvalue weighted by molar-refractivity contribution is -1.63. The highest BCUT2D eigenvalue weighted by molar-refractivity contribution is 4.53. The summed E-state index contributed by atoms with van der Waals surface area (Å²) in [6, 6.07) is 0. The van der Waals surface area contributed by atoms with E-state index in [1.165, 1.54) is 0 Å². The first-order valence-corrected chi connectivity index (χ1v) is 3.09. The van der Waals surface area contributed by atoms with E-state index in [2.05, 4.69) is 4.29 Å². The first-order valence-electron chi connectivity index (χ1n) is 2.17. The van der Waals surface area contributed by atoms with Gasteiger partial charge < -0.3 is 9.32 Å². The molecule has 0 aromatic heterocycles. The maximum atomic E-state index is 9.76. The largest absolute Gasteiger partial charge is 0.320 e. The molecule has 0 fully saturated rings. The van der Waals surface area contributed by atoms with Gasteiger partial charge in [-0.05, 0) is 20.8 Å². The molecule has 0 aromatic carbocycles. The molecule has 0 aliphatic rings. The highest BCUT2D eigenvalue weighted by Gasteiger charge is 2.24. The minimum atomic E-state index is -2.08. The number of rotatable bonds is 1. The van der Waals surface area contributed by atoms with Crippen LogP contribution in [0.1, 0.15) is 20.8 Å². The summed E-state index contributed by atoms with van der Waals surface area (Å²) in [4.78, 5) is 0. The van der Waals surface area contributed by atoms with Crippen molar-refractivity contribution in [1.82, 2.24) is 0 Å². The molecule has 3 nitrogen and oxygen atoms in total. The summed E-state index contributed by atoms with van der Waals surface area (Å²) in [7, 11) is -2.08. The predicted octanol–water partition coefficient (Wildman–Crippen LogP) is -1.11. The molecule has 0 N–H and O–H groups in total. The number of hydrogen-bond acceptors (Lipinski definition) is 3. The van der Waals surface area contributed by atoms with E-state index < -0.39 is 16.4 Å². The van der Waals surface area contributed by atoms with Crippen LogP contribution in [0.2, 0.25) is 0 Å². The van der Waals surface area contributed by atoms with Gasteiger partial charge in [0.15, 0.2) is 5.60 Å². The maximum absolute atomic E-state index is 9.76. The van der Waals surface area contributed by atoms with Crippen molar-refractivity contribution in [3.63, 3.8) is 0 Å². The molecular weight excluding hydrogens is 131 g/mol. The summed E-state index contributed by atoms with van der Waals surface area (Å²) in [5, 5.41) is 0. The smallest absolute Gasteiger partial charge is 0.286 e. The minimum absolute atomic E-state index is 0.607. The van der Waals surface area contributed by atoms with Gasteiger partial charge >= 0.3 is 0 Å². The Kier molecular flexibility index (Phi) is 2.70. The zero-order valence-corrected chi connectivity index (χ0v) is 5.86. The van der Waals surface area contributed by atoms with Crippen LogP contribution in [0.5, 0.6) is 0 Å². The quantitative estimate of drug-likeness (QED) is 0.464. The fraction of sp³-hybridized carbons (Fsp3) is 1.00. The second kappa shape index (κ2) is 2.64. The molecule has 8 heavy (non-hydrogen) atoms. The van der Waals surface area contributed by atoms with Gasteiger partial charge in [-0.1, -0.05) is 0 Å². The Labute approximate surface area is 51.7 Å². The van der Waals surface area contributed by atoms with Crippen LogP contribution in [0.3, 0.4) is 0 Å². The van der Waals surface area contributed by atoms with Gasteiger partial charge in [0.1, 0.15) is 0 Å². The standard InChI is InChI=1S/C4H9ClO3/c1-4(2,3)8-5(6)7/h1-3H3. The third-order valence-electron chi connectivity index (χ3n) is 0.294. The summed E-state index contributed by atoms with van der Waals surface area (Å²) in [6.07, 6.45) is 0. The second-order valence-electron chi connectivity index (χ2n) is 2.38. The Hall–Kier alpha value is 0.170. The molecule has 0 saturated heterocycles. The molecule has 0 rings (SSSR count). The fourth-order valence-corrected chi connectivity index (χ4v) is 0.567. The molecule has 0 saturated carbocycles. The van der Waals surface area contributed by atoms with Gasteiger partial charge in [-0.25, -0.2) is 0 Å². The van der Waals surface area contributed by atoms with Crippen LogP contribution in [-0.2, 0) is 4.29 Å². The second-order valence-corrected chi connectivity index (χ2v) is 2.91. The van der Waals surface area contributed by atoms with Crippen molar-refractivity contribution in [1.29, 1.82) is 0 Å². The van der Waals surface area contributed by atoms with Gasteiger partial charge in [0, 0.05) is 4.29 Å². The van der Waals surface area contributed by atoms with Crippen LogP contribution >= 0.6 is 0 Å². The first kappa shape index (κ1) is 8.17. The van der Waals surface area contributed by atoms with Gasteiger partial charge in [0.25, 0.3) is 10.8 Å². The van der Waals surface area contributed by atoms with E-state index >= 15 is 0 Å². The summed E-state index contributed by atoms with van der Waals surface area (Å²) < 4.78 is 23.8. The Bertz CT molecular complexity index is 66.2. The van der Waals surface area contributed by atoms with E-state index in [0.717, 1.165) is 0 Å². The molecule has 0 heterocycles. The first-order chi connectivity index (χ1) is 3.42. The normalized spacial score (nSPS) is 12.8. The summed E-state index contributed by atoms with van der Waals surface area (Å²) >= 11 is 0. The summed E-state index contributed by atoms with van der Waals surface area (Å²) in [5.74, 6) is 0. The van der Waals surface area contributed by atoms with Crippen LogP contribution in [0.15, 0.2) is 0 Å². The highest BCUT2D eigenvalue weighted by Crippen LogP contribution is 2.06. The van der Waals surface area contributed by atoms with Crippen molar-refractivity contribution in [2.75, 3.05) is 0 Å². The lowest BCUT2D eigenvalue weighted by Crippen LogP contribution is -2.40. The van der Waals surface area contributed by atoms with Gasteiger partial charge in [-0.15, -0.1) is 0 Å². The molecule has 4 heteroatoms. The van der Waals surface area contributed by atoms with Crippen molar-refractivity contribution in [3.8, 4) is 0 Å². The van der Waals surface area contributed by atoms with Crippen molar-refractivity contribution >= 4 is 0 Å². The molecule has 0 aliphatic heterocycles. The third kappa shape index (κ3) is 6.17. The molecule has 0 amide bonds. The molecule has 0 unspecified atom stereocenters. The molecule has 0 aromatic rings. The van der Waals surface area contributed by atoms with E-state index in [-0.39, 0.29) is 0 Å². The fourth-order valence-electron chi connectivity index (χ4n) is 0.189. The Morgan fingerprint density at radius 1 is 1.25 bits per heavy atom. The molecule has 50 valence electrons. The van der Waals surface area contributed by atoms with Gasteiger partial charge in [-0.3, -0.25) is 0 Å². The topological polar surface area (TPSA) is 55.3 Å². The Morgan fingerprint density at radius 3 is 1.62 bits per heavy atom.